The van der Waals surface area contributed by atoms with Crippen LogP contribution in [0.15, 0.2) is 36.5 Å². The minimum absolute atomic E-state index is 0.518. The topological polar surface area (TPSA) is 70.1 Å². The first-order valence-corrected chi connectivity index (χ1v) is 9.50. The van der Waals surface area contributed by atoms with Gasteiger partial charge in [0.25, 0.3) is 0 Å². The van der Waals surface area contributed by atoms with Gasteiger partial charge in [0.1, 0.15) is 17.4 Å². The van der Waals surface area contributed by atoms with E-state index in [0.29, 0.717) is 17.1 Å². The van der Waals surface area contributed by atoms with Gasteiger partial charge in [0.2, 0.25) is 0 Å². The largest absolute Gasteiger partial charge is 0.355 e. The van der Waals surface area contributed by atoms with Crippen molar-refractivity contribution < 1.29 is 0 Å². The smallest absolute Gasteiger partial charge is 0.167 e. The van der Waals surface area contributed by atoms with E-state index in [2.05, 4.69) is 27.9 Å². The van der Waals surface area contributed by atoms with Crippen molar-refractivity contribution in [1.82, 2.24) is 19.4 Å². The van der Waals surface area contributed by atoms with Gasteiger partial charge in [0.15, 0.2) is 11.3 Å². The fraction of sp³-hybridized carbons (Fsp3) is 0.333. The highest BCUT2D eigenvalue weighted by Gasteiger charge is 2.21. The number of anilines is 1. The molecule has 1 atom stereocenters. The number of nitriles is 1. The molecule has 134 valence electrons. The lowest BCUT2D eigenvalue weighted by Gasteiger charge is -2.33. The Hall–Kier alpha value is -3.20. The van der Waals surface area contributed by atoms with Crippen LogP contribution in [0.3, 0.4) is 0 Å². The lowest BCUT2D eigenvalue weighted by molar-refractivity contribution is 0.403. The number of pyridine rings is 1. The lowest BCUT2D eigenvalue weighted by atomic mass is 9.96. The van der Waals surface area contributed by atoms with Gasteiger partial charge in [0.05, 0.1) is 22.8 Å². The average molecular weight is 356 g/mol. The molecule has 0 bridgehead atoms. The van der Waals surface area contributed by atoms with Crippen LogP contribution in [0.5, 0.6) is 0 Å². The number of rotatable bonds is 2. The molecule has 1 saturated heterocycles. The maximum atomic E-state index is 9.58. The Kier molecular flexibility index (Phi) is 3.68. The van der Waals surface area contributed by atoms with E-state index >= 15 is 0 Å². The summed E-state index contributed by atoms with van der Waals surface area (Å²) < 4.78 is 1.97. The Morgan fingerprint density at radius 3 is 2.93 bits per heavy atom. The molecule has 6 nitrogen and oxygen atoms in total. The highest BCUT2D eigenvalue weighted by atomic mass is 15.2. The van der Waals surface area contributed by atoms with E-state index < -0.39 is 0 Å². The Morgan fingerprint density at radius 2 is 2.07 bits per heavy atom. The Bertz CT molecular complexity index is 1200. The van der Waals surface area contributed by atoms with E-state index in [1.165, 1.54) is 19.3 Å². The van der Waals surface area contributed by atoms with Crippen molar-refractivity contribution in [2.45, 2.75) is 26.2 Å². The zero-order valence-electron chi connectivity index (χ0n) is 15.3. The summed E-state index contributed by atoms with van der Waals surface area (Å²) in [5.41, 5.74) is 4.44. The zero-order chi connectivity index (χ0) is 18.4. The molecule has 0 radical (unpaired) electrons. The van der Waals surface area contributed by atoms with Crippen LogP contribution in [-0.4, -0.2) is 32.4 Å². The van der Waals surface area contributed by atoms with Crippen molar-refractivity contribution in [2.24, 2.45) is 5.92 Å². The van der Waals surface area contributed by atoms with Crippen molar-refractivity contribution in [2.75, 3.05) is 18.0 Å². The van der Waals surface area contributed by atoms with Crippen LogP contribution in [0.2, 0.25) is 0 Å². The second-order valence-corrected chi connectivity index (χ2v) is 7.23. The van der Waals surface area contributed by atoms with Crippen LogP contribution in [0.25, 0.3) is 27.8 Å². The molecule has 0 N–H and O–H groups in total. The summed E-state index contributed by atoms with van der Waals surface area (Å²) in [4.78, 5) is 16.6. The van der Waals surface area contributed by atoms with Gasteiger partial charge in [-0.1, -0.05) is 25.5 Å². The average Bonchev–Trinajstić information content (AvgIpc) is 3.13. The number of hydrogen-bond acceptors (Lipinski definition) is 5. The lowest BCUT2D eigenvalue weighted by Crippen LogP contribution is -2.35. The van der Waals surface area contributed by atoms with E-state index in [1.54, 1.807) is 6.07 Å². The molecular weight excluding hydrogens is 336 g/mol. The van der Waals surface area contributed by atoms with E-state index in [0.717, 1.165) is 41.1 Å². The highest BCUT2D eigenvalue weighted by molar-refractivity contribution is 5.90. The van der Waals surface area contributed by atoms with Crippen molar-refractivity contribution in [3.63, 3.8) is 0 Å². The third-order valence-electron chi connectivity index (χ3n) is 5.60. The molecule has 0 unspecified atom stereocenters. The first-order chi connectivity index (χ1) is 13.3. The molecule has 0 aliphatic carbocycles. The molecule has 3 aromatic heterocycles. The van der Waals surface area contributed by atoms with Crippen LogP contribution in [0.4, 0.5) is 5.82 Å². The summed E-state index contributed by atoms with van der Waals surface area (Å²) in [6.07, 6.45) is 5.51. The van der Waals surface area contributed by atoms with E-state index in [9.17, 15) is 5.26 Å². The van der Waals surface area contributed by atoms with Crippen molar-refractivity contribution in [3.05, 3.63) is 42.1 Å². The summed E-state index contributed by atoms with van der Waals surface area (Å²) in [5.74, 6) is 1.62. The minimum Gasteiger partial charge on any atom is -0.355 e. The van der Waals surface area contributed by atoms with Crippen molar-refractivity contribution in [1.29, 1.82) is 5.26 Å². The first kappa shape index (κ1) is 16.0. The molecule has 1 fully saturated rings. The molecule has 6 heteroatoms. The molecule has 5 rings (SSSR count). The fourth-order valence-corrected chi connectivity index (χ4v) is 4.11. The minimum atomic E-state index is 0.518. The Morgan fingerprint density at radius 1 is 1.19 bits per heavy atom. The first-order valence-electron chi connectivity index (χ1n) is 9.50. The van der Waals surface area contributed by atoms with Gasteiger partial charge < -0.3 is 4.90 Å². The molecule has 4 heterocycles. The number of piperidine rings is 1. The number of hydrogen-bond donors (Lipinski definition) is 0. The van der Waals surface area contributed by atoms with E-state index in [-0.39, 0.29) is 0 Å². The standard InChI is InChI=1S/C21H20N6/c1-2-14-6-5-9-26(13-14)19-12-23-17-10-15(11-22)20-24-16-7-3-4-8-18(16)27(20)21(17)25-19/h3-4,7-8,10,12,14H,2,5-6,9,13H2,1H3/t14-/m0/s1. The van der Waals surface area contributed by atoms with Gasteiger partial charge in [-0.2, -0.15) is 5.26 Å². The van der Waals surface area contributed by atoms with Gasteiger partial charge >= 0.3 is 0 Å². The Labute approximate surface area is 157 Å². The molecule has 27 heavy (non-hydrogen) atoms. The van der Waals surface area contributed by atoms with E-state index in [4.69, 9.17) is 4.98 Å². The summed E-state index contributed by atoms with van der Waals surface area (Å²) in [6.45, 7) is 4.30. The van der Waals surface area contributed by atoms with Crippen LogP contribution in [0, 0.1) is 17.2 Å². The van der Waals surface area contributed by atoms with Gasteiger partial charge in [-0.25, -0.2) is 15.0 Å². The monoisotopic (exact) mass is 356 g/mol. The molecule has 1 aliphatic heterocycles. The summed E-state index contributed by atoms with van der Waals surface area (Å²) in [7, 11) is 0. The predicted molar refractivity (Wildman–Crippen MR) is 106 cm³/mol. The zero-order valence-corrected chi connectivity index (χ0v) is 15.3. The van der Waals surface area contributed by atoms with Crippen molar-refractivity contribution >= 4 is 33.7 Å². The van der Waals surface area contributed by atoms with Gasteiger partial charge in [0, 0.05) is 13.1 Å². The number of para-hydroxylation sites is 2. The van der Waals surface area contributed by atoms with Crippen LogP contribution in [-0.2, 0) is 0 Å². The molecule has 4 aromatic rings. The third-order valence-corrected chi connectivity index (χ3v) is 5.60. The number of imidazole rings is 1. The second-order valence-electron chi connectivity index (χ2n) is 7.23. The summed E-state index contributed by atoms with van der Waals surface area (Å²) >= 11 is 0. The molecule has 0 amide bonds. The van der Waals surface area contributed by atoms with Crippen LogP contribution in [0.1, 0.15) is 31.7 Å². The maximum Gasteiger partial charge on any atom is 0.167 e. The third kappa shape index (κ3) is 2.50. The molecule has 0 saturated carbocycles. The Balaban J connectivity index is 1.76. The highest BCUT2D eigenvalue weighted by Crippen LogP contribution is 2.27. The quantitative estimate of drug-likeness (QED) is 0.544. The summed E-state index contributed by atoms with van der Waals surface area (Å²) in [6, 6.07) is 12.0. The SMILES string of the molecule is CC[C@H]1CCCN(c2cnc3cc(C#N)c4nc5ccccc5n4c3n2)C1. The second kappa shape index (κ2) is 6.20. The molecule has 1 aromatic carbocycles. The van der Waals surface area contributed by atoms with Crippen molar-refractivity contribution in [3.8, 4) is 6.07 Å². The number of fused-ring (bicyclic) bond motifs is 5. The fourth-order valence-electron chi connectivity index (χ4n) is 4.11. The molecule has 0 spiro atoms. The molecular formula is C21H20N6. The van der Waals surface area contributed by atoms with E-state index in [1.807, 2.05) is 34.9 Å². The van der Waals surface area contributed by atoms with Gasteiger partial charge in [-0.05, 0) is 37.0 Å². The predicted octanol–water partition coefficient (Wildman–Crippen LogP) is 3.93. The number of nitrogens with zero attached hydrogens (tertiary/aromatic N) is 6. The number of aromatic nitrogens is 4. The van der Waals surface area contributed by atoms with Crippen LogP contribution < -0.4 is 4.90 Å². The maximum absolute atomic E-state index is 9.58. The van der Waals surface area contributed by atoms with Gasteiger partial charge in [-0.3, -0.25) is 4.40 Å². The number of benzene rings is 1. The normalized spacial score (nSPS) is 17.6. The molecule has 1 aliphatic rings. The van der Waals surface area contributed by atoms with Crippen LogP contribution >= 0.6 is 0 Å². The van der Waals surface area contributed by atoms with Gasteiger partial charge in [-0.15, -0.1) is 0 Å². The summed E-state index contributed by atoms with van der Waals surface area (Å²) in [5, 5.41) is 9.58.